The van der Waals surface area contributed by atoms with Gasteiger partial charge in [0, 0.05) is 0 Å². The molecule has 6 heteroatoms. The zero-order valence-electron chi connectivity index (χ0n) is 40.4. The summed E-state index contributed by atoms with van der Waals surface area (Å²) in [5.74, 6) is -0.608. The molecular formula is C55H103NO5. The number of hydrogen-bond acceptors (Lipinski definition) is 5. The van der Waals surface area contributed by atoms with Crippen molar-refractivity contribution in [2.75, 3.05) is 6.61 Å². The third kappa shape index (κ3) is 43.3. The molecule has 358 valence electrons. The fourth-order valence-electron chi connectivity index (χ4n) is 8.02. The van der Waals surface area contributed by atoms with Crippen molar-refractivity contribution in [3.05, 3.63) is 48.6 Å². The Hall–Kier alpha value is -1.73. The monoisotopic (exact) mass is 858 g/mol. The number of aliphatic hydroxyl groups is 4. The number of unbranched alkanes of at least 4 members (excludes halogenated alkanes) is 31. The van der Waals surface area contributed by atoms with E-state index < -0.39 is 36.9 Å². The van der Waals surface area contributed by atoms with Crippen LogP contribution in [0.5, 0.6) is 0 Å². The zero-order chi connectivity index (χ0) is 44.5. The van der Waals surface area contributed by atoms with Gasteiger partial charge in [-0.1, -0.05) is 223 Å². The Kier molecular flexibility index (Phi) is 47.9. The number of amides is 1. The maximum Gasteiger partial charge on any atom is 0.249 e. The quantitative estimate of drug-likeness (QED) is 0.0309. The number of aliphatic hydroxyl groups excluding tert-OH is 4. The van der Waals surface area contributed by atoms with E-state index in [2.05, 4.69) is 67.8 Å². The molecule has 0 bridgehead atoms. The maximum absolute atomic E-state index is 12.5. The lowest BCUT2D eigenvalue weighted by molar-refractivity contribution is -0.132. The Bertz CT molecular complexity index is 1010. The van der Waals surface area contributed by atoms with Gasteiger partial charge in [-0.2, -0.15) is 0 Å². The van der Waals surface area contributed by atoms with Crippen LogP contribution in [0.25, 0.3) is 0 Å². The van der Waals surface area contributed by atoms with Crippen LogP contribution in [-0.4, -0.2) is 57.3 Å². The Morgan fingerprint density at radius 1 is 0.393 bits per heavy atom. The fraction of sp³-hybridized carbons (Fsp3) is 0.836. The molecule has 0 aliphatic heterocycles. The lowest BCUT2D eigenvalue weighted by atomic mass is 10.00. The van der Waals surface area contributed by atoms with Crippen LogP contribution in [0.15, 0.2) is 48.6 Å². The zero-order valence-corrected chi connectivity index (χ0v) is 40.4. The smallest absolute Gasteiger partial charge is 0.249 e. The van der Waals surface area contributed by atoms with Crippen molar-refractivity contribution in [2.24, 2.45) is 0 Å². The summed E-state index contributed by atoms with van der Waals surface area (Å²) in [6, 6.07) is -1.02. The Morgan fingerprint density at radius 2 is 0.689 bits per heavy atom. The van der Waals surface area contributed by atoms with E-state index in [1.165, 1.54) is 167 Å². The highest BCUT2D eigenvalue weighted by atomic mass is 16.3. The number of hydrogen-bond donors (Lipinski definition) is 5. The lowest BCUT2D eigenvalue weighted by Gasteiger charge is -2.27. The number of allylic oxidation sites excluding steroid dienone is 8. The molecule has 6 nitrogen and oxygen atoms in total. The summed E-state index contributed by atoms with van der Waals surface area (Å²) in [7, 11) is 0. The predicted octanol–water partition coefficient (Wildman–Crippen LogP) is 15.0. The Labute approximate surface area is 379 Å². The van der Waals surface area contributed by atoms with Crippen LogP contribution in [0, 0.1) is 0 Å². The second kappa shape index (κ2) is 49.3. The first-order valence-corrected chi connectivity index (χ1v) is 26.5. The van der Waals surface area contributed by atoms with Gasteiger partial charge < -0.3 is 25.7 Å². The van der Waals surface area contributed by atoms with Crippen molar-refractivity contribution >= 4 is 5.91 Å². The van der Waals surface area contributed by atoms with Gasteiger partial charge in [0.05, 0.1) is 18.8 Å². The highest BCUT2D eigenvalue weighted by Gasteiger charge is 2.28. The summed E-state index contributed by atoms with van der Waals surface area (Å²) >= 11 is 0. The Balaban J connectivity index is 3.75. The van der Waals surface area contributed by atoms with E-state index in [1.807, 2.05) is 0 Å². The molecule has 0 saturated carbocycles. The number of nitrogens with one attached hydrogen (secondary N) is 1. The van der Waals surface area contributed by atoms with Gasteiger partial charge in [0.15, 0.2) is 0 Å². The minimum atomic E-state index is -1.30. The first kappa shape index (κ1) is 59.3. The van der Waals surface area contributed by atoms with Gasteiger partial charge in [-0.05, 0) is 89.9 Å². The van der Waals surface area contributed by atoms with Crippen molar-refractivity contribution in [1.82, 2.24) is 5.32 Å². The van der Waals surface area contributed by atoms with Gasteiger partial charge in [0.2, 0.25) is 5.91 Å². The number of rotatable bonds is 48. The normalized spacial score (nSPS) is 14.3. The van der Waals surface area contributed by atoms with E-state index in [4.69, 9.17) is 0 Å². The largest absolute Gasteiger partial charge is 0.394 e. The van der Waals surface area contributed by atoms with Crippen LogP contribution in [0.4, 0.5) is 0 Å². The molecule has 0 aromatic rings. The molecule has 0 radical (unpaired) electrons. The van der Waals surface area contributed by atoms with E-state index in [-0.39, 0.29) is 0 Å². The summed E-state index contributed by atoms with van der Waals surface area (Å²) in [5.41, 5.74) is 0. The summed E-state index contributed by atoms with van der Waals surface area (Å²) in [6.07, 6.45) is 61.7. The van der Waals surface area contributed by atoms with Crippen molar-refractivity contribution in [3.8, 4) is 0 Å². The van der Waals surface area contributed by atoms with Gasteiger partial charge in [0.25, 0.3) is 0 Å². The van der Waals surface area contributed by atoms with Crippen LogP contribution in [-0.2, 0) is 4.79 Å². The first-order valence-electron chi connectivity index (χ1n) is 26.5. The molecule has 61 heavy (non-hydrogen) atoms. The molecular weight excluding hydrogens is 755 g/mol. The molecule has 0 aromatic carbocycles. The molecule has 0 aromatic heterocycles. The molecule has 4 unspecified atom stereocenters. The SMILES string of the molecule is CCCCCCCCCCC/C=C\CCCCCCC(O)C(=O)NC(CO)C(O)C(O)CCC/C=C/CC/C=C/CC/C=C/CCCCCCCCCCCCCCCCC. The van der Waals surface area contributed by atoms with E-state index in [0.717, 1.165) is 64.2 Å². The first-order chi connectivity index (χ1) is 30.0. The fourth-order valence-corrected chi connectivity index (χ4v) is 8.02. The van der Waals surface area contributed by atoms with Crippen molar-refractivity contribution in [2.45, 2.75) is 289 Å². The topological polar surface area (TPSA) is 110 Å². The molecule has 0 rings (SSSR count). The van der Waals surface area contributed by atoms with E-state index in [0.29, 0.717) is 19.3 Å². The van der Waals surface area contributed by atoms with E-state index in [9.17, 15) is 25.2 Å². The third-order valence-electron chi connectivity index (χ3n) is 12.2. The van der Waals surface area contributed by atoms with Gasteiger partial charge in [-0.3, -0.25) is 4.79 Å². The van der Waals surface area contributed by atoms with Crippen molar-refractivity contribution < 1.29 is 25.2 Å². The molecule has 0 fully saturated rings. The van der Waals surface area contributed by atoms with Crippen LogP contribution >= 0.6 is 0 Å². The van der Waals surface area contributed by atoms with E-state index >= 15 is 0 Å². The summed E-state index contributed by atoms with van der Waals surface area (Å²) in [5, 5.41) is 43.8. The van der Waals surface area contributed by atoms with Gasteiger partial charge in [0.1, 0.15) is 12.2 Å². The number of carbonyl (C=O) groups excluding carboxylic acids is 1. The van der Waals surface area contributed by atoms with E-state index in [1.54, 1.807) is 0 Å². The molecule has 0 aliphatic carbocycles. The third-order valence-corrected chi connectivity index (χ3v) is 12.2. The average molecular weight is 858 g/mol. The molecule has 0 heterocycles. The summed E-state index contributed by atoms with van der Waals surface area (Å²) in [4.78, 5) is 12.5. The lowest BCUT2D eigenvalue weighted by Crippen LogP contribution is -2.53. The minimum Gasteiger partial charge on any atom is -0.394 e. The Morgan fingerprint density at radius 3 is 1.03 bits per heavy atom. The highest BCUT2D eigenvalue weighted by molar-refractivity contribution is 5.80. The maximum atomic E-state index is 12.5. The second-order valence-corrected chi connectivity index (χ2v) is 18.2. The molecule has 0 saturated heterocycles. The molecule has 4 atom stereocenters. The standard InChI is InChI=1S/C55H103NO5/c1-3-5-7-9-11-13-15-17-19-21-22-23-24-25-26-27-28-29-30-31-33-34-36-38-40-42-44-46-48-52(58)54(60)51(50-57)56-55(61)53(59)49-47-45-43-41-39-37-35-32-20-18-16-14-12-10-8-6-4-2/h28-29,33-35,37,40,42,51-54,57-60H,3-27,30-32,36,38-39,41,43-50H2,1-2H3,(H,56,61)/b29-28+,34-33+,37-35-,42-40+. The molecule has 1 amide bonds. The van der Waals surface area contributed by atoms with Gasteiger partial charge >= 0.3 is 0 Å². The molecule has 5 N–H and O–H groups in total. The molecule has 0 aliphatic rings. The van der Waals surface area contributed by atoms with Gasteiger partial charge in [-0.15, -0.1) is 0 Å². The second-order valence-electron chi connectivity index (χ2n) is 18.2. The van der Waals surface area contributed by atoms with Crippen molar-refractivity contribution in [1.29, 1.82) is 0 Å². The summed E-state index contributed by atoms with van der Waals surface area (Å²) < 4.78 is 0. The summed E-state index contributed by atoms with van der Waals surface area (Å²) in [6.45, 7) is 4.05. The predicted molar refractivity (Wildman–Crippen MR) is 265 cm³/mol. The average Bonchev–Trinajstić information content (AvgIpc) is 3.26. The van der Waals surface area contributed by atoms with Crippen LogP contribution in [0.2, 0.25) is 0 Å². The number of carbonyl (C=O) groups is 1. The molecule has 0 spiro atoms. The van der Waals surface area contributed by atoms with Gasteiger partial charge in [-0.25, -0.2) is 0 Å². The minimum absolute atomic E-state index is 0.343. The van der Waals surface area contributed by atoms with Crippen molar-refractivity contribution in [3.63, 3.8) is 0 Å². The van der Waals surface area contributed by atoms with Crippen LogP contribution in [0.3, 0.4) is 0 Å². The highest BCUT2D eigenvalue weighted by Crippen LogP contribution is 2.16. The van der Waals surface area contributed by atoms with Crippen LogP contribution < -0.4 is 5.32 Å². The van der Waals surface area contributed by atoms with Crippen LogP contribution in [0.1, 0.15) is 264 Å².